The Morgan fingerprint density at radius 2 is 2.00 bits per heavy atom. The predicted molar refractivity (Wildman–Crippen MR) is 54.5 cm³/mol. The van der Waals surface area contributed by atoms with E-state index in [1.54, 1.807) is 0 Å². The molecule has 1 nitrogen and oxygen atoms in total. The third kappa shape index (κ3) is 3.42. The lowest BCUT2D eigenvalue weighted by molar-refractivity contribution is -0.119. The molecule has 0 unspecified atom stereocenters. The van der Waals surface area contributed by atoms with Gasteiger partial charge >= 0.3 is 0 Å². The zero-order valence-electron chi connectivity index (χ0n) is 8.89. The van der Waals surface area contributed by atoms with E-state index < -0.39 is 11.6 Å². The molecule has 0 amide bonds. The standard InChI is InChI=1S/C12H14F2O/c1-8(2)6-10(15)7-9-4-3-5-11(13)12(9)14/h3-5,8H,6-7H2,1-2H3. The molecule has 1 aromatic rings. The van der Waals surface area contributed by atoms with Gasteiger partial charge in [0.2, 0.25) is 0 Å². The SMILES string of the molecule is CC(C)CC(=O)Cc1cccc(F)c1F. The molecule has 0 atom stereocenters. The van der Waals surface area contributed by atoms with E-state index in [0.717, 1.165) is 6.07 Å². The number of hydrogen-bond donors (Lipinski definition) is 0. The van der Waals surface area contributed by atoms with Crippen LogP contribution in [-0.4, -0.2) is 5.78 Å². The van der Waals surface area contributed by atoms with Crippen LogP contribution in [0, 0.1) is 17.6 Å². The minimum Gasteiger partial charge on any atom is -0.299 e. The molecule has 0 fully saturated rings. The molecule has 0 aliphatic rings. The van der Waals surface area contributed by atoms with Crippen molar-refractivity contribution in [3.05, 3.63) is 35.4 Å². The summed E-state index contributed by atoms with van der Waals surface area (Å²) in [6.45, 7) is 3.83. The van der Waals surface area contributed by atoms with E-state index in [1.807, 2.05) is 13.8 Å². The van der Waals surface area contributed by atoms with Crippen LogP contribution in [0.3, 0.4) is 0 Å². The highest BCUT2D eigenvalue weighted by molar-refractivity contribution is 5.81. The van der Waals surface area contributed by atoms with Crippen molar-refractivity contribution in [2.45, 2.75) is 26.7 Å². The van der Waals surface area contributed by atoms with Gasteiger partial charge in [-0.15, -0.1) is 0 Å². The van der Waals surface area contributed by atoms with Crippen molar-refractivity contribution in [2.75, 3.05) is 0 Å². The van der Waals surface area contributed by atoms with E-state index in [0.29, 0.717) is 6.42 Å². The van der Waals surface area contributed by atoms with Crippen LogP contribution < -0.4 is 0 Å². The van der Waals surface area contributed by atoms with Crippen LogP contribution in [0.5, 0.6) is 0 Å². The summed E-state index contributed by atoms with van der Waals surface area (Å²) < 4.78 is 26.0. The fourth-order valence-electron chi connectivity index (χ4n) is 1.42. The van der Waals surface area contributed by atoms with Crippen LogP contribution in [0.2, 0.25) is 0 Å². The molecule has 0 aliphatic heterocycles. The van der Waals surface area contributed by atoms with Gasteiger partial charge in [0, 0.05) is 12.8 Å². The number of carbonyl (C=O) groups excluding carboxylic acids is 1. The Morgan fingerprint density at radius 1 is 1.33 bits per heavy atom. The second kappa shape index (κ2) is 5.01. The van der Waals surface area contributed by atoms with Crippen molar-refractivity contribution < 1.29 is 13.6 Å². The summed E-state index contributed by atoms with van der Waals surface area (Å²) in [4.78, 5) is 11.4. The van der Waals surface area contributed by atoms with Crippen LogP contribution in [0.4, 0.5) is 8.78 Å². The number of halogens is 2. The van der Waals surface area contributed by atoms with Crippen LogP contribution >= 0.6 is 0 Å². The molecule has 1 aromatic carbocycles. The lowest BCUT2D eigenvalue weighted by atomic mass is 10.0. The van der Waals surface area contributed by atoms with Crippen LogP contribution in [0.1, 0.15) is 25.8 Å². The molecule has 0 spiro atoms. The quantitative estimate of drug-likeness (QED) is 0.749. The lowest BCUT2D eigenvalue weighted by Gasteiger charge is -2.05. The molecule has 0 aliphatic carbocycles. The summed E-state index contributed by atoms with van der Waals surface area (Å²) in [7, 11) is 0. The maximum Gasteiger partial charge on any atom is 0.162 e. The third-order valence-electron chi connectivity index (χ3n) is 2.06. The zero-order chi connectivity index (χ0) is 11.4. The molecule has 15 heavy (non-hydrogen) atoms. The Bertz CT molecular complexity index is 359. The maximum absolute atomic E-state index is 13.2. The van der Waals surface area contributed by atoms with Crippen molar-refractivity contribution in [1.82, 2.24) is 0 Å². The summed E-state index contributed by atoms with van der Waals surface area (Å²) in [5, 5.41) is 0. The van der Waals surface area contributed by atoms with E-state index in [-0.39, 0.29) is 23.7 Å². The molecule has 82 valence electrons. The smallest absolute Gasteiger partial charge is 0.162 e. The van der Waals surface area contributed by atoms with Gasteiger partial charge in [-0.05, 0) is 17.5 Å². The van der Waals surface area contributed by atoms with Gasteiger partial charge in [-0.25, -0.2) is 8.78 Å². The van der Waals surface area contributed by atoms with E-state index in [2.05, 4.69) is 0 Å². The van der Waals surface area contributed by atoms with Gasteiger partial charge < -0.3 is 0 Å². The number of carbonyl (C=O) groups is 1. The summed E-state index contributed by atoms with van der Waals surface area (Å²) in [5.74, 6) is -1.62. The first kappa shape index (κ1) is 11.8. The van der Waals surface area contributed by atoms with Crippen molar-refractivity contribution in [3.8, 4) is 0 Å². The van der Waals surface area contributed by atoms with E-state index in [4.69, 9.17) is 0 Å². The molecule has 3 heteroatoms. The van der Waals surface area contributed by atoms with Gasteiger partial charge in [0.25, 0.3) is 0 Å². The van der Waals surface area contributed by atoms with E-state index in [9.17, 15) is 13.6 Å². The molecular weight excluding hydrogens is 198 g/mol. The molecule has 0 bridgehead atoms. The minimum absolute atomic E-state index is 0.0260. The second-order valence-corrected chi connectivity index (χ2v) is 4.03. The average Bonchev–Trinajstić information content (AvgIpc) is 2.11. The zero-order valence-corrected chi connectivity index (χ0v) is 8.89. The first-order valence-electron chi connectivity index (χ1n) is 4.95. The van der Waals surface area contributed by atoms with Gasteiger partial charge in [0.1, 0.15) is 5.78 Å². The number of rotatable bonds is 4. The predicted octanol–water partition coefficient (Wildman–Crippen LogP) is 3.12. The highest BCUT2D eigenvalue weighted by atomic mass is 19.2. The fourth-order valence-corrected chi connectivity index (χ4v) is 1.42. The highest BCUT2D eigenvalue weighted by Gasteiger charge is 2.12. The minimum atomic E-state index is -0.908. The molecule has 1 rings (SSSR count). The summed E-state index contributed by atoms with van der Waals surface area (Å²) >= 11 is 0. The molecular formula is C12H14F2O. The molecule has 0 aromatic heterocycles. The molecule has 0 N–H and O–H groups in total. The number of hydrogen-bond acceptors (Lipinski definition) is 1. The molecule has 0 saturated carbocycles. The van der Waals surface area contributed by atoms with Gasteiger partial charge in [-0.3, -0.25) is 4.79 Å². The number of ketones is 1. The van der Waals surface area contributed by atoms with E-state index in [1.165, 1.54) is 12.1 Å². The molecule has 0 saturated heterocycles. The Kier molecular flexibility index (Phi) is 3.95. The lowest BCUT2D eigenvalue weighted by Crippen LogP contribution is -2.08. The van der Waals surface area contributed by atoms with E-state index >= 15 is 0 Å². The Labute approximate surface area is 88.1 Å². The summed E-state index contributed by atoms with van der Waals surface area (Å²) in [6.07, 6.45) is 0.373. The second-order valence-electron chi connectivity index (χ2n) is 4.03. The third-order valence-corrected chi connectivity index (χ3v) is 2.06. The largest absolute Gasteiger partial charge is 0.299 e. The Morgan fingerprint density at radius 3 is 2.60 bits per heavy atom. The topological polar surface area (TPSA) is 17.1 Å². The van der Waals surface area contributed by atoms with Crippen LogP contribution in [0.15, 0.2) is 18.2 Å². The van der Waals surface area contributed by atoms with Crippen molar-refractivity contribution >= 4 is 5.78 Å². The fraction of sp³-hybridized carbons (Fsp3) is 0.417. The van der Waals surface area contributed by atoms with Crippen molar-refractivity contribution in [2.24, 2.45) is 5.92 Å². The van der Waals surface area contributed by atoms with Gasteiger partial charge in [-0.1, -0.05) is 26.0 Å². The van der Waals surface area contributed by atoms with Gasteiger partial charge in [-0.2, -0.15) is 0 Å². The van der Waals surface area contributed by atoms with Crippen LogP contribution in [0.25, 0.3) is 0 Å². The summed E-state index contributed by atoms with van der Waals surface area (Å²) in [5.41, 5.74) is 0.139. The normalized spacial score (nSPS) is 10.7. The van der Waals surface area contributed by atoms with Crippen molar-refractivity contribution in [3.63, 3.8) is 0 Å². The molecule has 0 radical (unpaired) electrons. The number of benzene rings is 1. The summed E-state index contributed by atoms with van der Waals surface area (Å²) in [6, 6.07) is 3.90. The van der Waals surface area contributed by atoms with Gasteiger partial charge in [0.15, 0.2) is 11.6 Å². The highest BCUT2D eigenvalue weighted by Crippen LogP contribution is 2.13. The molecule has 0 heterocycles. The van der Waals surface area contributed by atoms with Gasteiger partial charge in [0.05, 0.1) is 0 Å². The van der Waals surface area contributed by atoms with Crippen LogP contribution in [-0.2, 0) is 11.2 Å². The van der Waals surface area contributed by atoms with Crippen molar-refractivity contribution in [1.29, 1.82) is 0 Å². The first-order chi connectivity index (χ1) is 7.00. The number of Topliss-reactive ketones (excluding diaryl/α,β-unsaturated/α-hetero) is 1. The maximum atomic E-state index is 13.2. The first-order valence-corrected chi connectivity index (χ1v) is 4.95. The monoisotopic (exact) mass is 212 g/mol. The average molecular weight is 212 g/mol. The Hall–Kier alpha value is -1.25. The Balaban J connectivity index is 2.73.